The Morgan fingerprint density at radius 2 is 1.89 bits per heavy atom. The van der Waals surface area contributed by atoms with Crippen molar-refractivity contribution >= 4 is 40.8 Å². The highest BCUT2D eigenvalue weighted by Crippen LogP contribution is 2.31. The highest BCUT2D eigenvalue weighted by Gasteiger charge is 2.46. The Morgan fingerprint density at radius 3 is 2.61 bits per heavy atom. The Kier molecular flexibility index (Phi) is 6.05. The Balaban J connectivity index is 1.67. The van der Waals surface area contributed by atoms with Crippen LogP contribution in [0.2, 0.25) is 0 Å². The number of urea groups is 1. The number of carbonyl (C=O) groups is 4. The number of amides is 5. The predicted octanol–water partition coefficient (Wildman–Crippen LogP) is 1.80. The van der Waals surface area contributed by atoms with Crippen LogP contribution in [0.5, 0.6) is 5.75 Å². The van der Waals surface area contributed by atoms with Crippen molar-refractivity contribution in [2.24, 2.45) is 0 Å². The first-order valence-electron chi connectivity index (χ1n) is 8.73. The SMILES string of the molecule is CCOc1ccccc1N1C(=O)C(=O)N(CC(=O)NCCc2cccs2)C1=O. The molecule has 8 nitrogen and oxygen atoms in total. The Morgan fingerprint density at radius 1 is 1.11 bits per heavy atom. The van der Waals surface area contributed by atoms with Crippen LogP contribution in [-0.4, -0.2) is 48.3 Å². The quantitative estimate of drug-likeness (QED) is 0.538. The molecule has 2 aromatic rings. The lowest BCUT2D eigenvalue weighted by atomic mass is 10.2. The molecule has 0 bridgehead atoms. The van der Waals surface area contributed by atoms with E-state index in [2.05, 4.69) is 5.32 Å². The van der Waals surface area contributed by atoms with Gasteiger partial charge >= 0.3 is 17.8 Å². The minimum atomic E-state index is -1.04. The van der Waals surface area contributed by atoms with E-state index >= 15 is 0 Å². The van der Waals surface area contributed by atoms with Crippen LogP contribution in [0, 0.1) is 0 Å². The van der Waals surface area contributed by atoms with Crippen LogP contribution in [0.15, 0.2) is 41.8 Å². The number of hydrogen-bond acceptors (Lipinski definition) is 6. The maximum atomic E-state index is 12.7. The van der Waals surface area contributed by atoms with Crippen molar-refractivity contribution in [3.05, 3.63) is 46.7 Å². The van der Waals surface area contributed by atoms with Crippen molar-refractivity contribution in [3.63, 3.8) is 0 Å². The maximum Gasteiger partial charge on any atom is 0.339 e. The smallest absolute Gasteiger partial charge is 0.339 e. The summed E-state index contributed by atoms with van der Waals surface area (Å²) in [5.41, 5.74) is 0.174. The third-order valence-electron chi connectivity index (χ3n) is 4.03. The van der Waals surface area contributed by atoms with Crippen LogP contribution >= 0.6 is 11.3 Å². The molecule has 28 heavy (non-hydrogen) atoms. The molecular formula is C19H19N3O5S. The van der Waals surface area contributed by atoms with Gasteiger partial charge in [-0.1, -0.05) is 18.2 Å². The summed E-state index contributed by atoms with van der Waals surface area (Å²) in [5.74, 6) is -2.25. The molecule has 1 saturated heterocycles. The number of rotatable bonds is 8. The topological polar surface area (TPSA) is 96.0 Å². The number of anilines is 1. The van der Waals surface area contributed by atoms with Crippen molar-refractivity contribution in [3.8, 4) is 5.75 Å². The van der Waals surface area contributed by atoms with Gasteiger partial charge in [-0.3, -0.25) is 14.4 Å². The van der Waals surface area contributed by atoms with Gasteiger partial charge in [-0.25, -0.2) is 14.6 Å². The molecule has 1 aliphatic heterocycles. The first-order chi connectivity index (χ1) is 13.5. The molecule has 2 heterocycles. The first-order valence-corrected chi connectivity index (χ1v) is 9.61. The average molecular weight is 401 g/mol. The fraction of sp³-hybridized carbons (Fsp3) is 0.263. The molecule has 0 aliphatic carbocycles. The van der Waals surface area contributed by atoms with Crippen molar-refractivity contribution in [2.45, 2.75) is 13.3 Å². The van der Waals surface area contributed by atoms with Crippen LogP contribution < -0.4 is 15.0 Å². The molecule has 1 fully saturated rings. The number of carbonyl (C=O) groups excluding carboxylic acids is 4. The van der Waals surface area contributed by atoms with Crippen LogP contribution in [0.3, 0.4) is 0 Å². The lowest BCUT2D eigenvalue weighted by molar-refractivity contribution is -0.140. The Labute approximate surface area is 165 Å². The minimum absolute atomic E-state index is 0.174. The number of para-hydroxylation sites is 2. The summed E-state index contributed by atoms with van der Waals surface area (Å²) in [6.07, 6.45) is 0.651. The molecule has 1 aromatic heterocycles. The molecule has 0 saturated carbocycles. The Bertz CT molecular complexity index is 897. The highest BCUT2D eigenvalue weighted by atomic mass is 32.1. The summed E-state index contributed by atoms with van der Waals surface area (Å²) in [6, 6.07) is 9.45. The van der Waals surface area contributed by atoms with Crippen molar-refractivity contribution < 1.29 is 23.9 Å². The van der Waals surface area contributed by atoms with E-state index in [0.29, 0.717) is 30.2 Å². The molecule has 0 radical (unpaired) electrons. The second-order valence-corrected chi connectivity index (χ2v) is 6.93. The lowest BCUT2D eigenvalue weighted by Crippen LogP contribution is -2.42. The van der Waals surface area contributed by atoms with Crippen molar-refractivity contribution in [1.82, 2.24) is 10.2 Å². The van der Waals surface area contributed by atoms with Gasteiger partial charge in [-0.05, 0) is 36.9 Å². The van der Waals surface area contributed by atoms with Crippen molar-refractivity contribution in [1.29, 1.82) is 0 Å². The van der Waals surface area contributed by atoms with Gasteiger partial charge in [0.15, 0.2) is 0 Å². The van der Waals surface area contributed by atoms with Crippen LogP contribution in [-0.2, 0) is 20.8 Å². The zero-order chi connectivity index (χ0) is 20.1. The van der Waals surface area contributed by atoms with E-state index in [1.807, 2.05) is 17.5 Å². The average Bonchev–Trinajstić information content (AvgIpc) is 3.26. The molecule has 5 amide bonds. The van der Waals surface area contributed by atoms with Crippen molar-refractivity contribution in [2.75, 3.05) is 24.6 Å². The molecule has 146 valence electrons. The largest absolute Gasteiger partial charge is 0.492 e. The molecule has 0 atom stereocenters. The van der Waals surface area contributed by atoms with Gasteiger partial charge in [0, 0.05) is 11.4 Å². The van der Waals surface area contributed by atoms with Gasteiger partial charge in [0.2, 0.25) is 5.91 Å². The number of hydrogen-bond donors (Lipinski definition) is 1. The van der Waals surface area contributed by atoms with Gasteiger partial charge in [0.25, 0.3) is 0 Å². The highest BCUT2D eigenvalue weighted by molar-refractivity contribution is 7.09. The summed E-state index contributed by atoms with van der Waals surface area (Å²) < 4.78 is 5.43. The third-order valence-corrected chi connectivity index (χ3v) is 4.97. The minimum Gasteiger partial charge on any atom is -0.492 e. The van der Waals surface area contributed by atoms with Gasteiger partial charge < -0.3 is 10.1 Å². The van der Waals surface area contributed by atoms with Crippen LogP contribution in [0.4, 0.5) is 10.5 Å². The monoisotopic (exact) mass is 401 g/mol. The van der Waals surface area contributed by atoms with E-state index in [4.69, 9.17) is 4.74 Å². The van der Waals surface area contributed by atoms with E-state index in [1.165, 1.54) is 6.07 Å². The van der Waals surface area contributed by atoms with Gasteiger partial charge in [0.1, 0.15) is 12.3 Å². The zero-order valence-corrected chi connectivity index (χ0v) is 16.0. The van der Waals surface area contributed by atoms with Crippen LogP contribution in [0.25, 0.3) is 0 Å². The zero-order valence-electron chi connectivity index (χ0n) is 15.2. The summed E-state index contributed by atoms with van der Waals surface area (Å²) in [7, 11) is 0. The predicted molar refractivity (Wildman–Crippen MR) is 103 cm³/mol. The fourth-order valence-electron chi connectivity index (χ4n) is 2.76. The second kappa shape index (κ2) is 8.66. The van der Waals surface area contributed by atoms with E-state index in [0.717, 1.165) is 9.78 Å². The summed E-state index contributed by atoms with van der Waals surface area (Å²) in [5, 5.41) is 4.60. The van der Waals surface area contributed by atoms with E-state index in [9.17, 15) is 19.2 Å². The fourth-order valence-corrected chi connectivity index (χ4v) is 3.47. The molecule has 1 N–H and O–H groups in total. The number of nitrogens with one attached hydrogen (secondary N) is 1. The number of thiophene rings is 1. The normalized spacial score (nSPS) is 14.0. The number of nitrogens with zero attached hydrogens (tertiary/aromatic N) is 2. The number of benzene rings is 1. The summed E-state index contributed by atoms with van der Waals surface area (Å²) in [4.78, 5) is 51.9. The molecule has 9 heteroatoms. The molecule has 1 aliphatic rings. The van der Waals surface area contributed by atoms with Gasteiger partial charge in [0.05, 0.1) is 12.3 Å². The summed E-state index contributed by atoms with van der Waals surface area (Å²) >= 11 is 1.58. The van der Waals surface area contributed by atoms with E-state index < -0.39 is 30.3 Å². The molecule has 1 aromatic carbocycles. The second-order valence-electron chi connectivity index (χ2n) is 5.89. The maximum absolute atomic E-state index is 12.7. The Hall–Kier alpha value is -3.20. The van der Waals surface area contributed by atoms with Crippen LogP contribution in [0.1, 0.15) is 11.8 Å². The van der Waals surface area contributed by atoms with E-state index in [-0.39, 0.29) is 5.69 Å². The third kappa shape index (κ3) is 4.04. The first kappa shape index (κ1) is 19.6. The molecule has 0 unspecified atom stereocenters. The number of ether oxygens (including phenoxy) is 1. The van der Waals surface area contributed by atoms with Gasteiger partial charge in [-0.2, -0.15) is 0 Å². The van der Waals surface area contributed by atoms with E-state index in [1.54, 1.807) is 36.5 Å². The lowest BCUT2D eigenvalue weighted by Gasteiger charge is -2.18. The molecule has 3 rings (SSSR count). The molecular weight excluding hydrogens is 382 g/mol. The van der Waals surface area contributed by atoms with Gasteiger partial charge in [-0.15, -0.1) is 11.3 Å². The molecule has 0 spiro atoms. The number of imide groups is 2. The summed E-state index contributed by atoms with van der Waals surface area (Å²) in [6.45, 7) is 1.96. The standard InChI is InChI=1S/C19H19N3O5S/c1-2-27-15-8-4-3-7-14(15)22-18(25)17(24)21(19(22)26)12-16(23)20-10-9-13-6-5-11-28-13/h3-8,11H,2,9-10,12H2,1H3,(H,20,23).